The highest BCUT2D eigenvalue weighted by molar-refractivity contribution is 7.21. The molecule has 106 valence electrons. The van der Waals surface area contributed by atoms with Gasteiger partial charge < -0.3 is 14.6 Å². The van der Waals surface area contributed by atoms with Crippen molar-refractivity contribution in [3.05, 3.63) is 23.1 Å². The Labute approximate surface area is 118 Å². The lowest BCUT2D eigenvalue weighted by Gasteiger charge is -2.05. The number of benzene rings is 1. The predicted molar refractivity (Wildman–Crippen MR) is 76.0 cm³/mol. The summed E-state index contributed by atoms with van der Waals surface area (Å²) < 4.78 is 10.6. The lowest BCUT2D eigenvalue weighted by atomic mass is 10.2. The number of amides is 1. The maximum atomic E-state index is 11.5. The van der Waals surface area contributed by atoms with Crippen LogP contribution in [0, 0.1) is 0 Å². The molecule has 0 spiro atoms. The minimum atomic E-state index is -1.10. The number of ether oxygens (including phenoxy) is 2. The Hall–Kier alpha value is -2.28. The van der Waals surface area contributed by atoms with E-state index in [1.807, 2.05) is 0 Å². The summed E-state index contributed by atoms with van der Waals surface area (Å²) in [5.41, 5.74) is 0.249. The fourth-order valence-electron chi connectivity index (χ4n) is 1.75. The highest BCUT2D eigenvalue weighted by Crippen LogP contribution is 2.37. The molecule has 6 nitrogen and oxygen atoms in total. The van der Waals surface area contributed by atoms with Gasteiger partial charge in [-0.3, -0.25) is 5.32 Å². The van der Waals surface area contributed by atoms with E-state index >= 15 is 0 Å². The Bertz CT molecular complexity index is 664. The number of aromatic carboxylic acids is 1. The molecule has 0 aliphatic carbocycles. The molecule has 0 radical (unpaired) electrons. The molecule has 0 fully saturated rings. The average molecular weight is 295 g/mol. The van der Waals surface area contributed by atoms with Crippen LogP contribution in [-0.4, -0.2) is 30.9 Å². The number of methoxy groups -OCH3 is 1. The van der Waals surface area contributed by atoms with Crippen LogP contribution in [0.2, 0.25) is 0 Å². The van der Waals surface area contributed by atoms with Crippen molar-refractivity contribution in [2.45, 2.75) is 6.92 Å². The van der Waals surface area contributed by atoms with Crippen molar-refractivity contribution >= 4 is 39.2 Å². The Kier molecular flexibility index (Phi) is 4.09. The van der Waals surface area contributed by atoms with E-state index in [9.17, 15) is 14.7 Å². The maximum absolute atomic E-state index is 11.5. The molecule has 2 N–H and O–H groups in total. The van der Waals surface area contributed by atoms with Crippen molar-refractivity contribution in [2.24, 2.45) is 0 Å². The molecule has 1 heterocycles. The van der Waals surface area contributed by atoms with Crippen LogP contribution in [0.5, 0.6) is 5.75 Å². The van der Waals surface area contributed by atoms with Gasteiger partial charge in [0.15, 0.2) is 0 Å². The van der Waals surface area contributed by atoms with E-state index in [4.69, 9.17) is 9.47 Å². The zero-order valence-corrected chi connectivity index (χ0v) is 11.7. The van der Waals surface area contributed by atoms with Crippen LogP contribution < -0.4 is 10.1 Å². The highest BCUT2D eigenvalue weighted by Gasteiger charge is 2.20. The lowest BCUT2D eigenvalue weighted by molar-refractivity contribution is 0.0703. The smallest absolute Gasteiger partial charge is 0.411 e. The second kappa shape index (κ2) is 5.79. The Morgan fingerprint density at radius 1 is 1.40 bits per heavy atom. The van der Waals surface area contributed by atoms with Crippen LogP contribution in [0.15, 0.2) is 18.2 Å². The summed E-state index contributed by atoms with van der Waals surface area (Å²) in [6, 6.07) is 5.14. The fourth-order valence-corrected chi connectivity index (χ4v) is 2.77. The molecule has 0 aliphatic heterocycles. The predicted octanol–water partition coefficient (Wildman–Crippen LogP) is 3.18. The SMILES string of the molecule is CCOC(=O)Nc1c(C(=O)O)sc2cc(OC)ccc12. The minimum absolute atomic E-state index is 0.0568. The Morgan fingerprint density at radius 3 is 2.75 bits per heavy atom. The van der Waals surface area contributed by atoms with Crippen molar-refractivity contribution in [3.8, 4) is 5.75 Å². The van der Waals surface area contributed by atoms with Crippen molar-refractivity contribution in [3.63, 3.8) is 0 Å². The minimum Gasteiger partial charge on any atom is -0.497 e. The molecule has 2 aromatic rings. The van der Waals surface area contributed by atoms with E-state index in [-0.39, 0.29) is 17.2 Å². The summed E-state index contributed by atoms with van der Waals surface area (Å²) in [5.74, 6) is -0.477. The van der Waals surface area contributed by atoms with Gasteiger partial charge in [0.1, 0.15) is 10.6 Å². The molecule has 0 unspecified atom stereocenters. The monoisotopic (exact) mass is 295 g/mol. The van der Waals surface area contributed by atoms with Gasteiger partial charge in [-0.2, -0.15) is 0 Å². The van der Waals surface area contributed by atoms with Crippen LogP contribution in [0.25, 0.3) is 10.1 Å². The Balaban J connectivity index is 2.51. The van der Waals surface area contributed by atoms with Crippen molar-refractivity contribution in [1.29, 1.82) is 0 Å². The number of hydrogen-bond acceptors (Lipinski definition) is 5. The Morgan fingerprint density at radius 2 is 2.15 bits per heavy atom. The first kappa shape index (κ1) is 14.1. The third kappa shape index (κ3) is 2.67. The topological polar surface area (TPSA) is 84.9 Å². The van der Waals surface area contributed by atoms with Crippen LogP contribution in [-0.2, 0) is 4.74 Å². The molecule has 0 bridgehead atoms. The lowest BCUT2D eigenvalue weighted by Crippen LogP contribution is -2.14. The summed E-state index contributed by atoms with van der Waals surface area (Å²) in [6.07, 6.45) is -0.675. The van der Waals surface area contributed by atoms with Gasteiger partial charge in [-0.1, -0.05) is 0 Å². The molecule has 0 aliphatic rings. The number of carboxylic acids is 1. The number of anilines is 1. The molecular weight excluding hydrogens is 282 g/mol. The van der Waals surface area contributed by atoms with Gasteiger partial charge in [-0.15, -0.1) is 11.3 Å². The van der Waals surface area contributed by atoms with Gasteiger partial charge in [0.05, 0.1) is 19.4 Å². The fraction of sp³-hybridized carbons (Fsp3) is 0.231. The molecule has 0 atom stereocenters. The van der Waals surface area contributed by atoms with Gasteiger partial charge in [0, 0.05) is 10.1 Å². The quantitative estimate of drug-likeness (QED) is 0.905. The van der Waals surface area contributed by atoms with Gasteiger partial charge in [-0.25, -0.2) is 9.59 Å². The molecule has 0 saturated carbocycles. The average Bonchev–Trinajstić information content (AvgIpc) is 2.77. The third-order valence-electron chi connectivity index (χ3n) is 2.59. The molecule has 7 heteroatoms. The van der Waals surface area contributed by atoms with Crippen molar-refractivity contribution in [1.82, 2.24) is 0 Å². The third-order valence-corrected chi connectivity index (χ3v) is 3.73. The number of rotatable bonds is 4. The maximum Gasteiger partial charge on any atom is 0.411 e. The summed E-state index contributed by atoms with van der Waals surface area (Å²) in [7, 11) is 1.53. The van der Waals surface area contributed by atoms with Gasteiger partial charge in [-0.05, 0) is 25.1 Å². The first-order valence-corrected chi connectivity index (χ1v) is 6.66. The second-order valence-electron chi connectivity index (χ2n) is 3.82. The second-order valence-corrected chi connectivity index (χ2v) is 4.87. The van der Waals surface area contributed by atoms with E-state index in [0.717, 1.165) is 11.3 Å². The number of nitrogens with one attached hydrogen (secondary N) is 1. The molecule has 1 amide bonds. The molecule has 2 rings (SSSR count). The summed E-state index contributed by atoms with van der Waals surface area (Å²) in [5, 5.41) is 12.3. The number of carbonyl (C=O) groups excluding carboxylic acids is 1. The molecule has 20 heavy (non-hydrogen) atoms. The first-order chi connectivity index (χ1) is 9.56. The molecule has 0 saturated heterocycles. The van der Waals surface area contributed by atoms with E-state index in [1.165, 1.54) is 7.11 Å². The summed E-state index contributed by atoms with van der Waals surface area (Å²) >= 11 is 1.07. The van der Waals surface area contributed by atoms with E-state index in [0.29, 0.717) is 15.8 Å². The zero-order valence-electron chi connectivity index (χ0n) is 10.9. The van der Waals surface area contributed by atoms with Crippen LogP contribution in [0.1, 0.15) is 16.6 Å². The standard InChI is InChI=1S/C13H13NO5S/c1-3-19-13(17)14-10-8-5-4-7(18-2)6-9(8)20-11(10)12(15)16/h4-6H,3H2,1-2H3,(H,14,17)(H,15,16). The van der Waals surface area contributed by atoms with Crippen LogP contribution >= 0.6 is 11.3 Å². The molecule has 1 aromatic carbocycles. The van der Waals surface area contributed by atoms with Gasteiger partial charge >= 0.3 is 12.1 Å². The number of thiophene rings is 1. The summed E-state index contributed by atoms with van der Waals surface area (Å²) in [4.78, 5) is 22.8. The highest BCUT2D eigenvalue weighted by atomic mass is 32.1. The van der Waals surface area contributed by atoms with Crippen molar-refractivity contribution < 1.29 is 24.2 Å². The normalized spacial score (nSPS) is 10.3. The largest absolute Gasteiger partial charge is 0.497 e. The van der Waals surface area contributed by atoms with Gasteiger partial charge in [0.2, 0.25) is 0 Å². The van der Waals surface area contributed by atoms with E-state index in [2.05, 4.69) is 5.32 Å². The summed E-state index contributed by atoms with van der Waals surface area (Å²) in [6.45, 7) is 1.89. The van der Waals surface area contributed by atoms with E-state index < -0.39 is 12.1 Å². The van der Waals surface area contributed by atoms with Crippen molar-refractivity contribution in [2.75, 3.05) is 19.0 Å². The number of carbonyl (C=O) groups is 2. The molecule has 1 aromatic heterocycles. The zero-order chi connectivity index (χ0) is 14.7. The number of fused-ring (bicyclic) bond motifs is 1. The van der Waals surface area contributed by atoms with E-state index in [1.54, 1.807) is 25.1 Å². The van der Waals surface area contributed by atoms with Crippen LogP contribution in [0.4, 0.5) is 10.5 Å². The molecular formula is C13H13NO5S. The van der Waals surface area contributed by atoms with Crippen LogP contribution in [0.3, 0.4) is 0 Å². The number of carboxylic acid groups (broad SMARTS) is 1. The number of hydrogen-bond donors (Lipinski definition) is 2. The van der Waals surface area contributed by atoms with Gasteiger partial charge in [0.25, 0.3) is 0 Å². The first-order valence-electron chi connectivity index (χ1n) is 5.84.